The third-order valence-corrected chi connectivity index (χ3v) is 14.9. The lowest BCUT2D eigenvalue weighted by Gasteiger charge is -2.18. The summed E-state index contributed by atoms with van der Waals surface area (Å²) in [6, 6.07) is 76.9. The molecule has 0 unspecified atom stereocenters. The highest BCUT2D eigenvalue weighted by Gasteiger charge is 2.20. The first-order chi connectivity index (χ1) is 29.8. The highest BCUT2D eigenvalue weighted by atomic mass is 32.1. The smallest absolute Gasteiger partial charge is 0.0361 e. The Morgan fingerprint density at radius 3 is 0.967 bits per heavy atom. The summed E-state index contributed by atoms with van der Waals surface area (Å²) in [5.41, 5.74) is 10.2. The van der Waals surface area contributed by atoms with Gasteiger partial charge in [-0.2, -0.15) is 0 Å². The van der Waals surface area contributed by atoms with Crippen LogP contribution >= 0.6 is 22.7 Å². The first-order valence-corrected chi connectivity index (χ1v) is 22.2. The molecule has 0 saturated carbocycles. The van der Waals surface area contributed by atoms with Crippen molar-refractivity contribution in [3.63, 3.8) is 0 Å². The van der Waals surface area contributed by atoms with Crippen molar-refractivity contribution in [2.45, 2.75) is 0 Å². The minimum atomic E-state index is 1.25. The van der Waals surface area contributed by atoms with Gasteiger partial charge in [0.2, 0.25) is 0 Å². The molecule has 0 N–H and O–H groups in total. The molecule has 2 aromatic heterocycles. The number of fused-ring (bicyclic) bond motifs is 10. The summed E-state index contributed by atoms with van der Waals surface area (Å²) in [7, 11) is 0. The number of thiophene rings is 2. The molecule has 0 aliphatic rings. The summed E-state index contributed by atoms with van der Waals surface area (Å²) in [5, 5.41) is 15.5. The molecular weight excluding hydrogens is 761 g/mol. The van der Waals surface area contributed by atoms with Crippen LogP contribution in [0.5, 0.6) is 0 Å². The van der Waals surface area contributed by atoms with Crippen molar-refractivity contribution in [3.8, 4) is 44.5 Å². The Morgan fingerprint density at radius 2 is 0.500 bits per heavy atom. The molecule has 11 aromatic carbocycles. The molecule has 0 bridgehead atoms. The van der Waals surface area contributed by atoms with Gasteiger partial charge in [0.25, 0.3) is 0 Å². The van der Waals surface area contributed by atoms with Crippen molar-refractivity contribution in [1.29, 1.82) is 0 Å². The van der Waals surface area contributed by atoms with E-state index >= 15 is 0 Å². The molecule has 60 heavy (non-hydrogen) atoms. The molecular formula is C58H34S2. The van der Waals surface area contributed by atoms with E-state index in [9.17, 15) is 0 Å². The Morgan fingerprint density at radius 1 is 0.183 bits per heavy atom. The molecule has 0 radical (unpaired) electrons. The molecule has 0 amide bonds. The number of benzene rings is 11. The molecule has 2 heteroatoms. The lowest BCUT2D eigenvalue weighted by atomic mass is 9.85. The minimum absolute atomic E-state index is 1.25. The SMILES string of the molecule is c1ccc(-c2c3ccccc3c(-c3ccc4c(c3)sc3ccc(-c5c6ccccc6c(-c6ccc7c(c6)sc6ccccc67)c6ccccc56)cc34)c3ccccc23)cc1. The van der Waals surface area contributed by atoms with Gasteiger partial charge in [-0.1, -0.05) is 176 Å². The van der Waals surface area contributed by atoms with Gasteiger partial charge in [-0.05, 0) is 118 Å². The zero-order valence-electron chi connectivity index (χ0n) is 32.4. The fourth-order valence-corrected chi connectivity index (χ4v) is 12.3. The van der Waals surface area contributed by atoms with E-state index in [0.29, 0.717) is 0 Å². The van der Waals surface area contributed by atoms with E-state index in [1.54, 1.807) is 0 Å². The van der Waals surface area contributed by atoms with E-state index < -0.39 is 0 Å². The van der Waals surface area contributed by atoms with Crippen LogP contribution in [0.4, 0.5) is 0 Å². The van der Waals surface area contributed by atoms with E-state index in [2.05, 4.69) is 206 Å². The van der Waals surface area contributed by atoms with E-state index in [0.717, 1.165) is 0 Å². The molecule has 0 aliphatic heterocycles. The van der Waals surface area contributed by atoms with Crippen molar-refractivity contribution in [1.82, 2.24) is 0 Å². The molecule has 0 fully saturated rings. The van der Waals surface area contributed by atoms with E-state index in [4.69, 9.17) is 0 Å². The van der Waals surface area contributed by atoms with Gasteiger partial charge in [0.15, 0.2) is 0 Å². The van der Waals surface area contributed by atoms with Gasteiger partial charge in [-0.3, -0.25) is 0 Å². The molecule has 2 heterocycles. The highest BCUT2D eigenvalue weighted by Crippen LogP contribution is 2.48. The normalized spacial score (nSPS) is 12.0. The van der Waals surface area contributed by atoms with Crippen LogP contribution < -0.4 is 0 Å². The third kappa shape index (κ3) is 5.02. The van der Waals surface area contributed by atoms with Gasteiger partial charge in [0, 0.05) is 40.3 Å². The molecule has 13 rings (SSSR count). The fraction of sp³-hybridized carbons (Fsp3) is 0. The Balaban J connectivity index is 0.995. The molecule has 0 nitrogen and oxygen atoms in total. The number of hydrogen-bond acceptors (Lipinski definition) is 2. The second-order valence-corrected chi connectivity index (χ2v) is 18.0. The van der Waals surface area contributed by atoms with Gasteiger partial charge < -0.3 is 0 Å². The molecule has 278 valence electrons. The maximum absolute atomic E-state index is 2.45. The summed E-state index contributed by atoms with van der Waals surface area (Å²) in [5.74, 6) is 0. The van der Waals surface area contributed by atoms with Crippen LogP contribution in [0.3, 0.4) is 0 Å². The zero-order valence-corrected chi connectivity index (χ0v) is 34.1. The molecule has 0 aliphatic carbocycles. The zero-order chi connectivity index (χ0) is 39.3. The largest absolute Gasteiger partial charge is 0.135 e. The van der Waals surface area contributed by atoms with Crippen LogP contribution in [-0.4, -0.2) is 0 Å². The Bertz CT molecular complexity index is 3770. The van der Waals surface area contributed by atoms with Gasteiger partial charge in [0.05, 0.1) is 0 Å². The number of rotatable bonds is 4. The molecule has 0 saturated heterocycles. The Kier molecular flexibility index (Phi) is 7.45. The predicted molar refractivity (Wildman–Crippen MR) is 264 cm³/mol. The monoisotopic (exact) mass is 794 g/mol. The standard InChI is InChI=1S/C58H34S2/c1-2-14-35(15-3-1)55-42-17-4-6-19-44(42)57(45-20-7-5-18-43(45)55)38-27-30-41-50-32-36(28-31-52(50)60-54(41)34-38)56-46-21-8-10-23-48(46)58(49-24-11-9-22-47(49)56)37-26-29-40-39-16-12-13-25-51(39)59-53(40)33-37/h1-34H. The molecule has 13 aromatic rings. The number of hydrogen-bond donors (Lipinski definition) is 0. The van der Waals surface area contributed by atoms with Crippen LogP contribution in [-0.2, 0) is 0 Å². The van der Waals surface area contributed by atoms with Gasteiger partial charge in [-0.15, -0.1) is 22.7 Å². The van der Waals surface area contributed by atoms with E-state index in [-0.39, 0.29) is 0 Å². The van der Waals surface area contributed by atoms with Crippen LogP contribution in [0, 0.1) is 0 Å². The van der Waals surface area contributed by atoms with Crippen LogP contribution in [0.1, 0.15) is 0 Å². The van der Waals surface area contributed by atoms with Crippen LogP contribution in [0.15, 0.2) is 206 Å². The van der Waals surface area contributed by atoms with E-state index in [1.807, 2.05) is 22.7 Å². The summed E-state index contributed by atoms with van der Waals surface area (Å²) in [4.78, 5) is 0. The maximum Gasteiger partial charge on any atom is 0.0361 e. The van der Waals surface area contributed by atoms with Crippen molar-refractivity contribution in [3.05, 3.63) is 206 Å². The first kappa shape index (κ1) is 33.8. The maximum atomic E-state index is 2.45. The van der Waals surface area contributed by atoms with Gasteiger partial charge in [0.1, 0.15) is 0 Å². The summed E-state index contributed by atoms with van der Waals surface area (Å²) in [6.07, 6.45) is 0. The van der Waals surface area contributed by atoms with Crippen molar-refractivity contribution in [2.24, 2.45) is 0 Å². The second kappa shape index (κ2) is 13.2. The van der Waals surface area contributed by atoms with Crippen LogP contribution in [0.25, 0.3) is 128 Å². The quantitative estimate of drug-likeness (QED) is 0.156. The average molecular weight is 795 g/mol. The summed E-state index contributed by atoms with van der Waals surface area (Å²) >= 11 is 3.78. The Labute approximate surface area is 354 Å². The summed E-state index contributed by atoms with van der Waals surface area (Å²) in [6.45, 7) is 0. The lowest BCUT2D eigenvalue weighted by molar-refractivity contribution is 1.66. The lowest BCUT2D eigenvalue weighted by Crippen LogP contribution is -1.90. The highest BCUT2D eigenvalue weighted by molar-refractivity contribution is 7.26. The van der Waals surface area contributed by atoms with Gasteiger partial charge in [-0.25, -0.2) is 0 Å². The average Bonchev–Trinajstić information content (AvgIpc) is 3.87. The topological polar surface area (TPSA) is 0 Å². The predicted octanol–water partition coefficient (Wildman–Crippen LogP) is 17.7. The van der Waals surface area contributed by atoms with Crippen LogP contribution in [0.2, 0.25) is 0 Å². The molecule has 0 atom stereocenters. The van der Waals surface area contributed by atoms with Gasteiger partial charge >= 0.3 is 0 Å². The van der Waals surface area contributed by atoms with Crippen molar-refractivity contribution < 1.29 is 0 Å². The second-order valence-electron chi connectivity index (χ2n) is 15.9. The fourth-order valence-electron chi connectivity index (χ4n) is 10.1. The summed E-state index contributed by atoms with van der Waals surface area (Å²) < 4.78 is 5.28. The van der Waals surface area contributed by atoms with Crippen molar-refractivity contribution in [2.75, 3.05) is 0 Å². The molecule has 0 spiro atoms. The van der Waals surface area contributed by atoms with E-state index in [1.165, 1.54) is 128 Å². The minimum Gasteiger partial charge on any atom is -0.135 e. The first-order valence-electron chi connectivity index (χ1n) is 20.6. The third-order valence-electron chi connectivity index (χ3n) is 12.6. The Hall–Kier alpha value is -7.10. The van der Waals surface area contributed by atoms with Crippen molar-refractivity contribution >= 4 is 106 Å².